The number of aromatic nitrogens is 2. The number of nitrogens with zero attached hydrogens (tertiary/aromatic N) is 3. The molecular weight excluding hydrogens is 207 g/mol. The van der Waals surface area contributed by atoms with Gasteiger partial charge in [-0.2, -0.15) is 0 Å². The number of aryl methyl sites for hydroxylation is 1. The van der Waals surface area contributed by atoms with Crippen molar-refractivity contribution < 1.29 is 4.39 Å². The highest BCUT2D eigenvalue weighted by atomic mass is 19.1. The highest BCUT2D eigenvalue weighted by Gasteiger charge is 2.27. The number of hydrogen-bond donors (Lipinski definition) is 1. The molecule has 1 aromatic heterocycles. The summed E-state index contributed by atoms with van der Waals surface area (Å²) >= 11 is 0. The Morgan fingerprint density at radius 1 is 1.50 bits per heavy atom. The van der Waals surface area contributed by atoms with Gasteiger partial charge in [-0.15, -0.1) is 0 Å². The molecule has 0 bridgehead atoms. The lowest BCUT2D eigenvalue weighted by Gasteiger charge is -2.35. The Morgan fingerprint density at radius 3 is 2.81 bits per heavy atom. The van der Waals surface area contributed by atoms with E-state index in [9.17, 15) is 4.39 Å². The monoisotopic (exact) mass is 224 g/mol. The molecule has 5 heteroatoms. The van der Waals surface area contributed by atoms with Gasteiger partial charge in [-0.1, -0.05) is 0 Å². The predicted octanol–water partition coefficient (Wildman–Crippen LogP) is 1.10. The highest BCUT2D eigenvalue weighted by Crippen LogP contribution is 2.27. The van der Waals surface area contributed by atoms with Gasteiger partial charge in [0.25, 0.3) is 0 Å². The number of nitrogens with two attached hydrogens (primary N) is 1. The summed E-state index contributed by atoms with van der Waals surface area (Å²) in [7, 11) is 1.86. The number of anilines is 1. The Morgan fingerprint density at radius 2 is 2.19 bits per heavy atom. The second kappa shape index (κ2) is 4.33. The van der Waals surface area contributed by atoms with Crippen molar-refractivity contribution in [3.8, 4) is 0 Å². The lowest BCUT2D eigenvalue weighted by Crippen LogP contribution is -2.42. The fourth-order valence-corrected chi connectivity index (χ4v) is 2.12. The van der Waals surface area contributed by atoms with Gasteiger partial charge in [0.2, 0.25) is 0 Å². The lowest BCUT2D eigenvalue weighted by atomic mass is 9.80. The van der Waals surface area contributed by atoms with E-state index in [0.717, 1.165) is 19.4 Å². The van der Waals surface area contributed by atoms with Gasteiger partial charge < -0.3 is 10.6 Å². The standard InChI is InChI=1S/C11H17FN4/c1-7-10(12)11(15-6-14-7)16(2)5-8-3-9(13)4-8/h6,8-9H,3-5,13H2,1-2H3. The van der Waals surface area contributed by atoms with Crippen LogP contribution in [-0.4, -0.2) is 29.6 Å². The maximum atomic E-state index is 13.7. The smallest absolute Gasteiger partial charge is 0.186 e. The van der Waals surface area contributed by atoms with Gasteiger partial charge >= 0.3 is 0 Å². The van der Waals surface area contributed by atoms with Crippen molar-refractivity contribution in [3.05, 3.63) is 17.8 Å². The van der Waals surface area contributed by atoms with Crippen LogP contribution in [-0.2, 0) is 0 Å². The van der Waals surface area contributed by atoms with Crippen molar-refractivity contribution in [1.82, 2.24) is 9.97 Å². The maximum Gasteiger partial charge on any atom is 0.186 e. The SMILES string of the molecule is Cc1ncnc(N(C)CC2CC(N)C2)c1F. The molecule has 16 heavy (non-hydrogen) atoms. The summed E-state index contributed by atoms with van der Waals surface area (Å²) in [6, 6.07) is 0.329. The van der Waals surface area contributed by atoms with Gasteiger partial charge in [0.1, 0.15) is 6.33 Å². The minimum atomic E-state index is -0.325. The first-order chi connectivity index (χ1) is 7.58. The fourth-order valence-electron chi connectivity index (χ4n) is 2.12. The van der Waals surface area contributed by atoms with Crippen LogP contribution in [0.4, 0.5) is 10.2 Å². The molecule has 0 spiro atoms. The molecule has 88 valence electrons. The van der Waals surface area contributed by atoms with Gasteiger partial charge in [0.05, 0.1) is 5.69 Å². The third-order valence-electron chi connectivity index (χ3n) is 3.11. The van der Waals surface area contributed by atoms with Crippen LogP contribution in [0, 0.1) is 18.7 Å². The van der Waals surface area contributed by atoms with E-state index in [0.29, 0.717) is 23.5 Å². The Labute approximate surface area is 94.7 Å². The zero-order chi connectivity index (χ0) is 11.7. The van der Waals surface area contributed by atoms with E-state index in [1.54, 1.807) is 6.92 Å². The molecule has 0 saturated heterocycles. The quantitative estimate of drug-likeness (QED) is 0.835. The highest BCUT2D eigenvalue weighted by molar-refractivity contribution is 5.39. The normalized spacial score (nSPS) is 24.0. The summed E-state index contributed by atoms with van der Waals surface area (Å²) in [6.45, 7) is 2.45. The summed E-state index contributed by atoms with van der Waals surface area (Å²) in [4.78, 5) is 9.64. The van der Waals surface area contributed by atoms with Crippen LogP contribution < -0.4 is 10.6 Å². The summed E-state index contributed by atoms with van der Waals surface area (Å²) in [5.41, 5.74) is 6.11. The first-order valence-corrected chi connectivity index (χ1v) is 5.51. The van der Waals surface area contributed by atoms with Crippen molar-refractivity contribution >= 4 is 5.82 Å². The summed E-state index contributed by atoms with van der Waals surface area (Å²) < 4.78 is 13.7. The Kier molecular flexibility index (Phi) is 3.05. The van der Waals surface area contributed by atoms with Gasteiger partial charge in [0.15, 0.2) is 11.6 Å². The van der Waals surface area contributed by atoms with E-state index in [1.165, 1.54) is 6.33 Å². The van der Waals surface area contributed by atoms with E-state index in [1.807, 2.05) is 11.9 Å². The van der Waals surface area contributed by atoms with Crippen molar-refractivity contribution in [2.75, 3.05) is 18.5 Å². The zero-order valence-corrected chi connectivity index (χ0v) is 9.65. The van der Waals surface area contributed by atoms with Crippen LogP contribution in [0.5, 0.6) is 0 Å². The molecule has 1 saturated carbocycles. The molecule has 2 N–H and O–H groups in total. The van der Waals surface area contributed by atoms with Crippen LogP contribution in [0.1, 0.15) is 18.5 Å². The average molecular weight is 224 g/mol. The van der Waals surface area contributed by atoms with Gasteiger partial charge in [-0.3, -0.25) is 0 Å². The third-order valence-corrected chi connectivity index (χ3v) is 3.11. The molecule has 0 amide bonds. The molecule has 1 aliphatic carbocycles. The number of hydrogen-bond acceptors (Lipinski definition) is 4. The molecule has 0 unspecified atom stereocenters. The van der Waals surface area contributed by atoms with Crippen molar-refractivity contribution in [2.45, 2.75) is 25.8 Å². The Hall–Kier alpha value is -1.23. The first kappa shape index (κ1) is 11.3. The minimum Gasteiger partial charge on any atom is -0.357 e. The summed E-state index contributed by atoms with van der Waals surface area (Å²) in [5.74, 6) is 0.622. The van der Waals surface area contributed by atoms with E-state index < -0.39 is 0 Å². The van der Waals surface area contributed by atoms with Crippen molar-refractivity contribution in [2.24, 2.45) is 11.7 Å². The molecule has 1 aromatic rings. The molecule has 2 rings (SSSR count). The molecule has 0 radical (unpaired) electrons. The Balaban J connectivity index is 2.03. The summed E-state index contributed by atoms with van der Waals surface area (Å²) in [6.07, 6.45) is 3.45. The fraction of sp³-hybridized carbons (Fsp3) is 0.636. The second-order valence-electron chi connectivity index (χ2n) is 4.57. The predicted molar refractivity (Wildman–Crippen MR) is 60.7 cm³/mol. The van der Waals surface area contributed by atoms with Crippen LogP contribution in [0.3, 0.4) is 0 Å². The number of rotatable bonds is 3. The molecule has 1 aliphatic rings. The zero-order valence-electron chi connectivity index (χ0n) is 9.65. The summed E-state index contributed by atoms with van der Waals surface area (Å²) in [5, 5.41) is 0. The average Bonchev–Trinajstić information content (AvgIpc) is 2.19. The lowest BCUT2D eigenvalue weighted by molar-refractivity contribution is 0.270. The topological polar surface area (TPSA) is 55.0 Å². The van der Waals surface area contributed by atoms with E-state index >= 15 is 0 Å². The molecule has 0 aromatic carbocycles. The van der Waals surface area contributed by atoms with E-state index in [4.69, 9.17) is 5.73 Å². The van der Waals surface area contributed by atoms with Gasteiger partial charge in [0, 0.05) is 19.6 Å². The number of halogens is 1. The third kappa shape index (κ3) is 2.14. The van der Waals surface area contributed by atoms with E-state index in [-0.39, 0.29) is 5.82 Å². The van der Waals surface area contributed by atoms with Crippen LogP contribution in [0.25, 0.3) is 0 Å². The van der Waals surface area contributed by atoms with Gasteiger partial charge in [-0.05, 0) is 25.7 Å². The van der Waals surface area contributed by atoms with Crippen LogP contribution in [0.2, 0.25) is 0 Å². The van der Waals surface area contributed by atoms with Gasteiger partial charge in [-0.25, -0.2) is 14.4 Å². The molecule has 1 fully saturated rings. The maximum absolute atomic E-state index is 13.7. The largest absolute Gasteiger partial charge is 0.357 e. The minimum absolute atomic E-state index is 0.325. The van der Waals surface area contributed by atoms with E-state index in [2.05, 4.69) is 9.97 Å². The second-order valence-corrected chi connectivity index (χ2v) is 4.57. The Bertz CT molecular complexity index is 376. The first-order valence-electron chi connectivity index (χ1n) is 5.51. The molecular formula is C11H17FN4. The molecule has 4 nitrogen and oxygen atoms in total. The van der Waals surface area contributed by atoms with Crippen molar-refractivity contribution in [1.29, 1.82) is 0 Å². The molecule has 0 aliphatic heterocycles. The van der Waals surface area contributed by atoms with Crippen molar-refractivity contribution in [3.63, 3.8) is 0 Å². The van der Waals surface area contributed by atoms with Crippen LogP contribution in [0.15, 0.2) is 6.33 Å². The molecule has 0 atom stereocenters. The van der Waals surface area contributed by atoms with Crippen LogP contribution >= 0.6 is 0 Å². The molecule has 1 heterocycles.